The SMILES string of the molecule is COc1ccc(CCC(=O)NC(C)C(C)C(=O)O)cc1Cl. The van der Waals surface area contributed by atoms with Crippen LogP contribution >= 0.6 is 11.6 Å². The van der Waals surface area contributed by atoms with Gasteiger partial charge in [-0.25, -0.2) is 0 Å². The van der Waals surface area contributed by atoms with Gasteiger partial charge in [-0.2, -0.15) is 0 Å². The number of aliphatic carboxylic acids is 1. The van der Waals surface area contributed by atoms with E-state index in [-0.39, 0.29) is 12.3 Å². The molecule has 0 aliphatic rings. The summed E-state index contributed by atoms with van der Waals surface area (Å²) in [5, 5.41) is 12.1. The minimum absolute atomic E-state index is 0.178. The molecule has 0 spiro atoms. The lowest BCUT2D eigenvalue weighted by Gasteiger charge is -2.17. The van der Waals surface area contributed by atoms with Crippen LogP contribution in [-0.4, -0.2) is 30.1 Å². The first kappa shape index (κ1) is 17.3. The highest BCUT2D eigenvalue weighted by molar-refractivity contribution is 6.32. The zero-order valence-corrected chi connectivity index (χ0v) is 13.1. The fraction of sp³-hybridized carbons (Fsp3) is 0.467. The fourth-order valence-electron chi connectivity index (χ4n) is 1.79. The molecule has 0 fully saturated rings. The van der Waals surface area contributed by atoms with Crippen molar-refractivity contribution in [2.75, 3.05) is 7.11 Å². The Labute approximate surface area is 129 Å². The van der Waals surface area contributed by atoms with Crippen LogP contribution in [-0.2, 0) is 16.0 Å². The van der Waals surface area contributed by atoms with Crippen LogP contribution in [0.5, 0.6) is 5.75 Å². The third-order valence-electron chi connectivity index (χ3n) is 3.39. The molecule has 5 nitrogen and oxygen atoms in total. The van der Waals surface area contributed by atoms with Crippen molar-refractivity contribution >= 4 is 23.5 Å². The van der Waals surface area contributed by atoms with Gasteiger partial charge in [-0.05, 0) is 38.0 Å². The first-order valence-electron chi connectivity index (χ1n) is 6.69. The number of hydrogen-bond donors (Lipinski definition) is 2. The van der Waals surface area contributed by atoms with Crippen molar-refractivity contribution in [3.05, 3.63) is 28.8 Å². The van der Waals surface area contributed by atoms with Crippen LogP contribution in [0, 0.1) is 5.92 Å². The minimum Gasteiger partial charge on any atom is -0.495 e. The van der Waals surface area contributed by atoms with E-state index >= 15 is 0 Å². The number of carboxylic acid groups (broad SMARTS) is 1. The summed E-state index contributed by atoms with van der Waals surface area (Å²) in [5.41, 5.74) is 0.926. The van der Waals surface area contributed by atoms with Gasteiger partial charge >= 0.3 is 5.97 Å². The highest BCUT2D eigenvalue weighted by Gasteiger charge is 2.20. The van der Waals surface area contributed by atoms with Gasteiger partial charge in [0.2, 0.25) is 5.91 Å². The molecule has 0 radical (unpaired) electrons. The number of aryl methyl sites for hydroxylation is 1. The maximum absolute atomic E-state index is 11.8. The Hall–Kier alpha value is -1.75. The van der Waals surface area contributed by atoms with E-state index in [1.54, 1.807) is 33.1 Å². The average Bonchev–Trinajstić information content (AvgIpc) is 2.44. The molecule has 21 heavy (non-hydrogen) atoms. The van der Waals surface area contributed by atoms with Gasteiger partial charge in [0.05, 0.1) is 18.1 Å². The number of ether oxygens (including phenoxy) is 1. The van der Waals surface area contributed by atoms with Crippen molar-refractivity contribution in [3.63, 3.8) is 0 Å². The molecule has 0 heterocycles. The van der Waals surface area contributed by atoms with Crippen LogP contribution in [0.15, 0.2) is 18.2 Å². The number of hydrogen-bond acceptors (Lipinski definition) is 3. The predicted octanol–water partition coefficient (Wildman–Crippen LogP) is 2.51. The molecule has 0 saturated heterocycles. The van der Waals surface area contributed by atoms with Crippen molar-refractivity contribution in [3.8, 4) is 5.75 Å². The molecular weight excluding hydrogens is 294 g/mol. The van der Waals surface area contributed by atoms with Crippen LogP contribution in [0.25, 0.3) is 0 Å². The van der Waals surface area contributed by atoms with Crippen LogP contribution in [0.1, 0.15) is 25.8 Å². The number of methoxy groups -OCH3 is 1. The van der Waals surface area contributed by atoms with Crippen LogP contribution in [0.3, 0.4) is 0 Å². The molecular formula is C15H20ClNO4. The molecule has 0 saturated carbocycles. The van der Waals surface area contributed by atoms with E-state index in [0.717, 1.165) is 5.56 Å². The van der Waals surface area contributed by atoms with Gasteiger partial charge < -0.3 is 15.2 Å². The molecule has 6 heteroatoms. The van der Waals surface area contributed by atoms with Crippen LogP contribution in [0.4, 0.5) is 0 Å². The molecule has 2 N–H and O–H groups in total. The molecule has 1 aromatic carbocycles. The van der Waals surface area contributed by atoms with E-state index in [9.17, 15) is 9.59 Å². The van der Waals surface area contributed by atoms with Crippen LogP contribution < -0.4 is 10.1 Å². The zero-order chi connectivity index (χ0) is 16.0. The van der Waals surface area contributed by atoms with Gasteiger partial charge in [0, 0.05) is 12.5 Å². The van der Waals surface area contributed by atoms with Crippen molar-refractivity contribution in [1.82, 2.24) is 5.32 Å². The molecule has 0 aliphatic heterocycles. The van der Waals surface area contributed by atoms with Gasteiger partial charge in [0.1, 0.15) is 5.75 Å². The number of amides is 1. The lowest BCUT2D eigenvalue weighted by atomic mass is 10.0. The van der Waals surface area contributed by atoms with Gasteiger partial charge in [-0.1, -0.05) is 17.7 Å². The van der Waals surface area contributed by atoms with Gasteiger partial charge in [0.15, 0.2) is 0 Å². The summed E-state index contributed by atoms with van der Waals surface area (Å²) in [7, 11) is 1.54. The summed E-state index contributed by atoms with van der Waals surface area (Å²) in [4.78, 5) is 22.6. The highest BCUT2D eigenvalue weighted by atomic mass is 35.5. The first-order valence-corrected chi connectivity index (χ1v) is 7.07. The van der Waals surface area contributed by atoms with Crippen molar-refractivity contribution in [2.45, 2.75) is 32.7 Å². The molecule has 1 rings (SSSR count). The molecule has 2 unspecified atom stereocenters. The lowest BCUT2D eigenvalue weighted by Crippen LogP contribution is -2.40. The van der Waals surface area contributed by atoms with E-state index in [0.29, 0.717) is 17.2 Å². The maximum Gasteiger partial charge on any atom is 0.308 e. The highest BCUT2D eigenvalue weighted by Crippen LogP contribution is 2.25. The Kier molecular flexibility index (Phi) is 6.49. The first-order chi connectivity index (χ1) is 9.85. The van der Waals surface area contributed by atoms with Gasteiger partial charge in [0.25, 0.3) is 0 Å². The minimum atomic E-state index is -0.926. The van der Waals surface area contributed by atoms with E-state index in [1.807, 2.05) is 6.07 Å². The molecule has 1 amide bonds. The summed E-state index contributed by atoms with van der Waals surface area (Å²) in [5.74, 6) is -1.13. The fourth-order valence-corrected chi connectivity index (χ4v) is 2.07. The number of rotatable bonds is 7. The Morgan fingerprint density at radius 3 is 2.57 bits per heavy atom. The summed E-state index contributed by atoms with van der Waals surface area (Å²) in [6, 6.07) is 4.96. The standard InChI is InChI=1S/C15H20ClNO4/c1-9(15(19)20)10(2)17-14(18)7-5-11-4-6-13(21-3)12(16)8-11/h4,6,8-10H,5,7H2,1-3H3,(H,17,18)(H,19,20). The van der Waals surface area contributed by atoms with Crippen LogP contribution in [0.2, 0.25) is 5.02 Å². The van der Waals surface area contributed by atoms with E-state index in [2.05, 4.69) is 5.32 Å². The lowest BCUT2D eigenvalue weighted by molar-refractivity contribution is -0.142. The second-order valence-electron chi connectivity index (χ2n) is 4.95. The monoisotopic (exact) mass is 313 g/mol. The number of carbonyl (C=O) groups is 2. The number of carbonyl (C=O) groups excluding carboxylic acids is 1. The summed E-state index contributed by atoms with van der Waals surface area (Å²) in [6.45, 7) is 3.25. The molecule has 116 valence electrons. The molecule has 2 atom stereocenters. The summed E-state index contributed by atoms with van der Waals surface area (Å²) < 4.78 is 5.06. The third-order valence-corrected chi connectivity index (χ3v) is 3.68. The smallest absolute Gasteiger partial charge is 0.308 e. The number of benzene rings is 1. The topological polar surface area (TPSA) is 75.6 Å². The van der Waals surface area contributed by atoms with E-state index in [4.69, 9.17) is 21.4 Å². The van der Waals surface area contributed by atoms with E-state index in [1.165, 1.54) is 0 Å². The Balaban J connectivity index is 2.50. The normalized spacial score (nSPS) is 13.3. The Morgan fingerprint density at radius 2 is 2.05 bits per heavy atom. The second kappa shape index (κ2) is 7.88. The Bertz CT molecular complexity index is 518. The van der Waals surface area contributed by atoms with Crippen molar-refractivity contribution in [2.24, 2.45) is 5.92 Å². The quantitative estimate of drug-likeness (QED) is 0.811. The average molecular weight is 314 g/mol. The van der Waals surface area contributed by atoms with E-state index < -0.39 is 17.9 Å². The Morgan fingerprint density at radius 1 is 1.38 bits per heavy atom. The zero-order valence-electron chi connectivity index (χ0n) is 12.4. The number of nitrogens with one attached hydrogen (secondary N) is 1. The number of halogens is 1. The van der Waals surface area contributed by atoms with Crippen molar-refractivity contribution in [1.29, 1.82) is 0 Å². The molecule has 0 bridgehead atoms. The predicted molar refractivity (Wildman–Crippen MR) is 80.7 cm³/mol. The number of carboxylic acids is 1. The molecule has 1 aromatic rings. The molecule has 0 aliphatic carbocycles. The molecule has 0 aromatic heterocycles. The largest absolute Gasteiger partial charge is 0.495 e. The van der Waals surface area contributed by atoms with Gasteiger partial charge in [-0.3, -0.25) is 9.59 Å². The summed E-state index contributed by atoms with van der Waals surface area (Å²) >= 11 is 6.01. The maximum atomic E-state index is 11.8. The van der Waals surface area contributed by atoms with Gasteiger partial charge in [-0.15, -0.1) is 0 Å². The summed E-state index contributed by atoms with van der Waals surface area (Å²) in [6.07, 6.45) is 0.809. The third kappa shape index (κ3) is 5.27. The van der Waals surface area contributed by atoms with Crippen molar-refractivity contribution < 1.29 is 19.4 Å². The second-order valence-corrected chi connectivity index (χ2v) is 5.36.